The highest BCUT2D eigenvalue weighted by atomic mass is 19.2. The van der Waals surface area contributed by atoms with Crippen LogP contribution in [0, 0.1) is 17.5 Å². The summed E-state index contributed by atoms with van der Waals surface area (Å²) in [6.45, 7) is 0.313. The highest BCUT2D eigenvalue weighted by Crippen LogP contribution is 2.19. The third kappa shape index (κ3) is 3.23. The topological polar surface area (TPSA) is 55.1 Å². The van der Waals surface area contributed by atoms with E-state index in [1.54, 1.807) is 0 Å². The highest BCUT2D eigenvalue weighted by Gasteiger charge is 2.12. The predicted octanol–water partition coefficient (Wildman–Crippen LogP) is 1.78. The van der Waals surface area contributed by atoms with Crippen LogP contribution in [0.15, 0.2) is 12.1 Å². The van der Waals surface area contributed by atoms with Crippen molar-refractivity contribution < 1.29 is 18.0 Å². The number of benzene rings is 1. The molecule has 0 saturated carbocycles. The molecule has 0 aliphatic carbocycles. The Balaban J connectivity index is 2.77. The Morgan fingerprint density at radius 3 is 2.62 bits per heavy atom. The van der Waals surface area contributed by atoms with Gasteiger partial charge in [0.25, 0.3) is 0 Å². The number of carbonyl (C=O) groups is 1. The molecule has 1 aromatic rings. The first kappa shape index (κ1) is 12.5. The lowest BCUT2D eigenvalue weighted by Gasteiger charge is -2.06. The molecule has 0 saturated heterocycles. The first-order valence-electron chi connectivity index (χ1n) is 4.69. The molecule has 1 rings (SSSR count). The van der Waals surface area contributed by atoms with Crippen LogP contribution in [0.4, 0.5) is 18.9 Å². The van der Waals surface area contributed by atoms with E-state index in [2.05, 4.69) is 5.32 Å². The van der Waals surface area contributed by atoms with E-state index in [1.807, 2.05) is 0 Å². The minimum atomic E-state index is -1.34. The third-order valence-electron chi connectivity index (χ3n) is 1.88. The van der Waals surface area contributed by atoms with E-state index in [0.29, 0.717) is 19.0 Å². The van der Waals surface area contributed by atoms with Crippen molar-refractivity contribution in [3.8, 4) is 0 Å². The van der Waals surface area contributed by atoms with Gasteiger partial charge < -0.3 is 11.1 Å². The van der Waals surface area contributed by atoms with Gasteiger partial charge in [0.1, 0.15) is 5.82 Å². The standard InChI is InChI=1S/C10H11F3N2O/c11-6-4-7(12)10(13)8(5-6)15-9(16)2-1-3-14/h4-5H,1-3,14H2,(H,15,16). The summed E-state index contributed by atoms with van der Waals surface area (Å²) in [5.41, 5.74) is 4.67. The van der Waals surface area contributed by atoms with Gasteiger partial charge in [0.15, 0.2) is 11.6 Å². The second-order valence-corrected chi connectivity index (χ2v) is 3.19. The number of hydrogen-bond acceptors (Lipinski definition) is 2. The van der Waals surface area contributed by atoms with E-state index < -0.39 is 29.0 Å². The van der Waals surface area contributed by atoms with Crippen LogP contribution in [0.1, 0.15) is 12.8 Å². The van der Waals surface area contributed by atoms with E-state index in [4.69, 9.17) is 5.73 Å². The molecule has 16 heavy (non-hydrogen) atoms. The summed E-state index contributed by atoms with van der Waals surface area (Å²) >= 11 is 0. The van der Waals surface area contributed by atoms with E-state index in [-0.39, 0.29) is 6.42 Å². The number of anilines is 1. The van der Waals surface area contributed by atoms with Crippen LogP contribution in [-0.2, 0) is 4.79 Å². The smallest absolute Gasteiger partial charge is 0.224 e. The fourth-order valence-corrected chi connectivity index (χ4v) is 1.12. The van der Waals surface area contributed by atoms with Crippen molar-refractivity contribution in [2.45, 2.75) is 12.8 Å². The number of nitrogens with two attached hydrogens (primary N) is 1. The van der Waals surface area contributed by atoms with Gasteiger partial charge in [-0.2, -0.15) is 0 Å². The van der Waals surface area contributed by atoms with Crippen LogP contribution in [0.2, 0.25) is 0 Å². The van der Waals surface area contributed by atoms with Crippen molar-refractivity contribution in [2.75, 3.05) is 11.9 Å². The Hall–Kier alpha value is -1.56. The summed E-state index contributed by atoms with van der Waals surface area (Å²) < 4.78 is 38.6. The number of amides is 1. The maximum absolute atomic E-state index is 13.1. The molecule has 3 nitrogen and oxygen atoms in total. The van der Waals surface area contributed by atoms with E-state index >= 15 is 0 Å². The lowest BCUT2D eigenvalue weighted by molar-refractivity contribution is -0.116. The molecule has 1 aromatic carbocycles. The van der Waals surface area contributed by atoms with Gasteiger partial charge in [-0.1, -0.05) is 0 Å². The fourth-order valence-electron chi connectivity index (χ4n) is 1.12. The van der Waals surface area contributed by atoms with E-state index in [9.17, 15) is 18.0 Å². The summed E-state index contributed by atoms with van der Waals surface area (Å²) in [5.74, 6) is -4.10. The van der Waals surface area contributed by atoms with Gasteiger partial charge in [-0.05, 0) is 13.0 Å². The summed E-state index contributed by atoms with van der Waals surface area (Å²) in [5, 5.41) is 2.08. The number of hydrogen-bond donors (Lipinski definition) is 2. The predicted molar refractivity (Wildman–Crippen MR) is 53.2 cm³/mol. The monoisotopic (exact) mass is 232 g/mol. The Morgan fingerprint density at radius 2 is 2.00 bits per heavy atom. The number of carbonyl (C=O) groups excluding carboxylic acids is 1. The summed E-state index contributed by atoms with van der Waals surface area (Å²) in [6, 6.07) is 1.13. The third-order valence-corrected chi connectivity index (χ3v) is 1.88. The SMILES string of the molecule is NCCCC(=O)Nc1cc(F)cc(F)c1F. The minimum Gasteiger partial charge on any atom is -0.330 e. The van der Waals surface area contributed by atoms with Gasteiger partial charge in [-0.3, -0.25) is 4.79 Å². The van der Waals surface area contributed by atoms with Gasteiger partial charge >= 0.3 is 0 Å². The Kier molecular flexibility index (Phi) is 4.30. The van der Waals surface area contributed by atoms with Crippen LogP contribution < -0.4 is 11.1 Å². The first-order chi connectivity index (χ1) is 7.54. The van der Waals surface area contributed by atoms with Crippen LogP contribution in [0.3, 0.4) is 0 Å². The normalized spacial score (nSPS) is 10.2. The highest BCUT2D eigenvalue weighted by molar-refractivity contribution is 5.90. The fraction of sp³-hybridized carbons (Fsp3) is 0.300. The molecule has 1 amide bonds. The van der Waals surface area contributed by atoms with Gasteiger partial charge in [-0.15, -0.1) is 0 Å². The number of nitrogens with one attached hydrogen (secondary N) is 1. The Bertz CT molecular complexity index is 396. The van der Waals surface area contributed by atoms with Crippen LogP contribution in [-0.4, -0.2) is 12.5 Å². The quantitative estimate of drug-likeness (QED) is 0.777. The first-order valence-corrected chi connectivity index (χ1v) is 4.69. The van der Waals surface area contributed by atoms with Crippen LogP contribution in [0.25, 0.3) is 0 Å². The molecule has 0 aliphatic rings. The summed E-state index contributed by atoms with van der Waals surface area (Å²) in [4.78, 5) is 11.2. The van der Waals surface area contributed by atoms with Gasteiger partial charge in [0.2, 0.25) is 5.91 Å². The number of halogens is 3. The molecular formula is C10H11F3N2O. The molecule has 0 atom stereocenters. The maximum atomic E-state index is 13.1. The molecule has 0 aromatic heterocycles. The zero-order valence-electron chi connectivity index (χ0n) is 8.40. The van der Waals surface area contributed by atoms with Crippen LogP contribution >= 0.6 is 0 Å². The molecule has 0 heterocycles. The van der Waals surface area contributed by atoms with Crippen molar-refractivity contribution in [1.29, 1.82) is 0 Å². The molecule has 3 N–H and O–H groups in total. The zero-order chi connectivity index (χ0) is 12.1. The largest absolute Gasteiger partial charge is 0.330 e. The van der Waals surface area contributed by atoms with Crippen molar-refractivity contribution >= 4 is 11.6 Å². The molecule has 0 spiro atoms. The van der Waals surface area contributed by atoms with Crippen LogP contribution in [0.5, 0.6) is 0 Å². The Labute approximate surface area is 90.4 Å². The average Bonchev–Trinajstić information content (AvgIpc) is 2.22. The molecule has 0 aliphatic heterocycles. The molecule has 6 heteroatoms. The average molecular weight is 232 g/mol. The maximum Gasteiger partial charge on any atom is 0.224 e. The molecule has 0 fully saturated rings. The molecule has 0 unspecified atom stereocenters. The van der Waals surface area contributed by atoms with Gasteiger partial charge in [0, 0.05) is 18.6 Å². The zero-order valence-corrected chi connectivity index (χ0v) is 8.40. The summed E-state index contributed by atoms with van der Waals surface area (Å²) in [6.07, 6.45) is 0.499. The second-order valence-electron chi connectivity index (χ2n) is 3.19. The second kappa shape index (κ2) is 5.50. The van der Waals surface area contributed by atoms with Crippen molar-refractivity contribution in [2.24, 2.45) is 5.73 Å². The molecule has 0 bridgehead atoms. The van der Waals surface area contributed by atoms with E-state index in [1.165, 1.54) is 0 Å². The lowest BCUT2D eigenvalue weighted by Crippen LogP contribution is -2.15. The molecule has 88 valence electrons. The lowest BCUT2D eigenvalue weighted by atomic mass is 10.2. The molecular weight excluding hydrogens is 221 g/mol. The van der Waals surface area contributed by atoms with Gasteiger partial charge in [-0.25, -0.2) is 13.2 Å². The Morgan fingerprint density at radius 1 is 1.31 bits per heavy atom. The van der Waals surface area contributed by atoms with Crippen molar-refractivity contribution in [1.82, 2.24) is 0 Å². The minimum absolute atomic E-state index is 0.0775. The van der Waals surface area contributed by atoms with Gasteiger partial charge in [0.05, 0.1) is 5.69 Å². The van der Waals surface area contributed by atoms with Crippen molar-refractivity contribution in [3.05, 3.63) is 29.6 Å². The van der Waals surface area contributed by atoms with E-state index in [0.717, 1.165) is 6.07 Å². The molecule has 0 radical (unpaired) electrons. The number of rotatable bonds is 4. The van der Waals surface area contributed by atoms with Crippen molar-refractivity contribution in [3.63, 3.8) is 0 Å². The summed E-state index contributed by atoms with van der Waals surface area (Å²) in [7, 11) is 0.